The minimum Gasteiger partial charge on any atom is -0.359 e. The van der Waals surface area contributed by atoms with Gasteiger partial charge < -0.3 is 9.88 Å². The Labute approximate surface area is 168 Å². The molecular formula is C18H15ClF3N7. The molecule has 0 saturated heterocycles. The van der Waals surface area contributed by atoms with Crippen LogP contribution in [0.25, 0.3) is 22.6 Å². The summed E-state index contributed by atoms with van der Waals surface area (Å²) in [6.07, 6.45) is -1.96. The number of anilines is 1. The number of nitrogens with zero attached hydrogens (tertiary/aromatic N) is 6. The molecule has 7 nitrogen and oxygen atoms in total. The third kappa shape index (κ3) is 3.63. The highest BCUT2D eigenvalue weighted by molar-refractivity contribution is 6.28. The SMILES string of the molecule is CNc1nc2cnc(Cl)nc2n1Cc1ccc(-c2nc(C(F)(F)F)cn2C)cc1. The predicted molar refractivity (Wildman–Crippen MR) is 103 cm³/mol. The van der Waals surface area contributed by atoms with Gasteiger partial charge in [0.25, 0.3) is 0 Å². The first-order chi connectivity index (χ1) is 13.8. The number of aryl methyl sites for hydroxylation is 1. The number of fused-ring (bicyclic) bond motifs is 1. The van der Waals surface area contributed by atoms with Gasteiger partial charge in [0.2, 0.25) is 11.2 Å². The molecule has 3 aromatic heterocycles. The first kappa shape index (κ1) is 19.2. The van der Waals surface area contributed by atoms with E-state index in [-0.39, 0.29) is 11.1 Å². The van der Waals surface area contributed by atoms with Gasteiger partial charge in [-0.3, -0.25) is 4.57 Å². The quantitative estimate of drug-likeness (QED) is 0.504. The first-order valence-corrected chi connectivity index (χ1v) is 8.90. The summed E-state index contributed by atoms with van der Waals surface area (Å²) < 4.78 is 41.9. The Bertz CT molecular complexity index is 1180. The van der Waals surface area contributed by atoms with E-state index in [2.05, 4.69) is 25.3 Å². The molecule has 0 amide bonds. The Kier molecular flexibility index (Phi) is 4.65. The topological polar surface area (TPSA) is 73.5 Å². The molecule has 11 heteroatoms. The van der Waals surface area contributed by atoms with Gasteiger partial charge >= 0.3 is 6.18 Å². The molecule has 0 bridgehead atoms. The first-order valence-electron chi connectivity index (χ1n) is 8.52. The van der Waals surface area contributed by atoms with Gasteiger partial charge in [-0.1, -0.05) is 24.3 Å². The zero-order valence-corrected chi connectivity index (χ0v) is 16.1. The number of alkyl halides is 3. The molecule has 29 heavy (non-hydrogen) atoms. The van der Waals surface area contributed by atoms with Gasteiger partial charge in [-0.05, 0) is 17.2 Å². The van der Waals surface area contributed by atoms with Crippen molar-refractivity contribution in [3.05, 3.63) is 53.2 Å². The molecule has 0 unspecified atom stereocenters. The van der Waals surface area contributed by atoms with Crippen LogP contribution >= 0.6 is 11.6 Å². The van der Waals surface area contributed by atoms with E-state index in [0.717, 1.165) is 11.8 Å². The van der Waals surface area contributed by atoms with E-state index in [9.17, 15) is 13.2 Å². The Morgan fingerprint density at radius 2 is 1.83 bits per heavy atom. The number of aromatic nitrogens is 6. The van der Waals surface area contributed by atoms with E-state index in [4.69, 9.17) is 11.6 Å². The highest BCUT2D eigenvalue weighted by atomic mass is 35.5. The number of halogens is 4. The summed E-state index contributed by atoms with van der Waals surface area (Å²) in [5.41, 5.74) is 1.76. The minimum absolute atomic E-state index is 0.118. The smallest absolute Gasteiger partial charge is 0.359 e. The monoisotopic (exact) mass is 421 g/mol. The average Bonchev–Trinajstić information content (AvgIpc) is 3.23. The molecule has 0 aliphatic rings. The summed E-state index contributed by atoms with van der Waals surface area (Å²) in [5, 5.41) is 3.12. The van der Waals surface area contributed by atoms with Crippen LogP contribution in [0.3, 0.4) is 0 Å². The van der Waals surface area contributed by atoms with E-state index in [1.807, 2.05) is 16.7 Å². The van der Waals surface area contributed by atoms with E-state index >= 15 is 0 Å². The average molecular weight is 422 g/mol. The maximum Gasteiger partial charge on any atom is 0.434 e. The molecule has 0 radical (unpaired) electrons. The van der Waals surface area contributed by atoms with Crippen molar-refractivity contribution in [1.29, 1.82) is 0 Å². The van der Waals surface area contributed by atoms with Crippen LogP contribution < -0.4 is 5.32 Å². The predicted octanol–water partition coefficient (Wildman–Crippen LogP) is 3.99. The van der Waals surface area contributed by atoms with Crippen LogP contribution in [0, 0.1) is 0 Å². The zero-order chi connectivity index (χ0) is 20.8. The van der Waals surface area contributed by atoms with Gasteiger partial charge in [-0.25, -0.2) is 15.0 Å². The number of benzene rings is 1. The standard InChI is InChI=1S/C18H15ClF3N7/c1-23-17-25-12-7-24-16(19)27-15(12)29(17)8-10-3-5-11(6-4-10)14-26-13(9-28(14)2)18(20,21)22/h3-7,9H,8H2,1-2H3,(H,23,25). The molecule has 0 fully saturated rings. The molecular weight excluding hydrogens is 407 g/mol. The summed E-state index contributed by atoms with van der Waals surface area (Å²) in [5.74, 6) is 0.840. The van der Waals surface area contributed by atoms with Crippen LogP contribution in [0.4, 0.5) is 19.1 Å². The van der Waals surface area contributed by atoms with Crippen LogP contribution in [0.5, 0.6) is 0 Å². The molecule has 0 spiro atoms. The fraction of sp³-hybridized carbons (Fsp3) is 0.222. The lowest BCUT2D eigenvalue weighted by atomic mass is 10.1. The Hall–Kier alpha value is -3.14. The van der Waals surface area contributed by atoms with Crippen molar-refractivity contribution >= 4 is 28.7 Å². The van der Waals surface area contributed by atoms with Gasteiger partial charge in [0, 0.05) is 25.9 Å². The normalized spacial score (nSPS) is 11.9. The molecule has 4 aromatic rings. The van der Waals surface area contributed by atoms with Gasteiger partial charge in [0.1, 0.15) is 11.3 Å². The van der Waals surface area contributed by atoms with Crippen LogP contribution in [-0.4, -0.2) is 36.1 Å². The highest BCUT2D eigenvalue weighted by Crippen LogP contribution is 2.30. The molecule has 4 rings (SSSR count). The maximum atomic E-state index is 12.9. The lowest BCUT2D eigenvalue weighted by Gasteiger charge is -2.09. The van der Waals surface area contributed by atoms with E-state index in [0.29, 0.717) is 29.2 Å². The zero-order valence-electron chi connectivity index (χ0n) is 15.4. The third-order valence-corrected chi connectivity index (χ3v) is 4.58. The fourth-order valence-corrected chi connectivity index (χ4v) is 3.18. The van der Waals surface area contributed by atoms with Gasteiger partial charge in [-0.15, -0.1) is 0 Å². The van der Waals surface area contributed by atoms with Gasteiger partial charge in [0.15, 0.2) is 11.3 Å². The van der Waals surface area contributed by atoms with Gasteiger partial charge in [0.05, 0.1) is 12.7 Å². The second kappa shape index (κ2) is 7.03. The molecule has 0 saturated carbocycles. The van der Waals surface area contributed by atoms with E-state index in [1.165, 1.54) is 11.6 Å². The second-order valence-electron chi connectivity index (χ2n) is 6.37. The van der Waals surface area contributed by atoms with Crippen molar-refractivity contribution in [1.82, 2.24) is 29.1 Å². The largest absolute Gasteiger partial charge is 0.434 e. The minimum atomic E-state index is -4.48. The highest BCUT2D eigenvalue weighted by Gasteiger charge is 2.34. The van der Waals surface area contributed by atoms with Crippen LogP contribution in [-0.2, 0) is 19.8 Å². The van der Waals surface area contributed by atoms with Crippen molar-refractivity contribution in [2.24, 2.45) is 7.05 Å². The van der Waals surface area contributed by atoms with Crippen LogP contribution in [0.1, 0.15) is 11.3 Å². The molecule has 0 atom stereocenters. The van der Waals surface area contributed by atoms with Gasteiger partial charge in [-0.2, -0.15) is 18.2 Å². The summed E-state index contributed by atoms with van der Waals surface area (Å²) in [6, 6.07) is 7.12. The summed E-state index contributed by atoms with van der Waals surface area (Å²) in [6.45, 7) is 0.439. The van der Waals surface area contributed by atoms with E-state index < -0.39 is 11.9 Å². The van der Waals surface area contributed by atoms with E-state index in [1.54, 1.807) is 25.4 Å². The summed E-state index contributed by atoms with van der Waals surface area (Å²) in [4.78, 5) is 16.3. The number of hydrogen-bond acceptors (Lipinski definition) is 5. The lowest BCUT2D eigenvalue weighted by molar-refractivity contribution is -0.140. The van der Waals surface area contributed by atoms with Crippen molar-refractivity contribution in [3.63, 3.8) is 0 Å². The third-order valence-electron chi connectivity index (χ3n) is 4.40. The number of nitrogens with one attached hydrogen (secondary N) is 1. The van der Waals surface area contributed by atoms with Crippen molar-refractivity contribution in [2.45, 2.75) is 12.7 Å². The van der Waals surface area contributed by atoms with Crippen molar-refractivity contribution in [2.75, 3.05) is 12.4 Å². The molecule has 3 heterocycles. The number of rotatable bonds is 4. The molecule has 1 aromatic carbocycles. The Balaban J connectivity index is 1.65. The fourth-order valence-electron chi connectivity index (χ4n) is 3.05. The van der Waals surface area contributed by atoms with Crippen LogP contribution in [0.2, 0.25) is 5.28 Å². The Morgan fingerprint density at radius 1 is 1.10 bits per heavy atom. The molecule has 0 aliphatic carbocycles. The molecule has 0 aliphatic heterocycles. The summed E-state index contributed by atoms with van der Waals surface area (Å²) >= 11 is 5.91. The maximum absolute atomic E-state index is 12.9. The molecule has 1 N–H and O–H groups in total. The Morgan fingerprint density at radius 3 is 2.45 bits per heavy atom. The van der Waals surface area contributed by atoms with Crippen molar-refractivity contribution < 1.29 is 13.2 Å². The van der Waals surface area contributed by atoms with Crippen molar-refractivity contribution in [3.8, 4) is 11.4 Å². The number of imidazole rings is 2. The summed E-state index contributed by atoms with van der Waals surface area (Å²) in [7, 11) is 3.28. The second-order valence-corrected chi connectivity index (χ2v) is 6.71. The number of hydrogen-bond donors (Lipinski definition) is 1. The lowest BCUT2D eigenvalue weighted by Crippen LogP contribution is -2.06. The molecule has 150 valence electrons. The van der Waals surface area contributed by atoms with Crippen LogP contribution in [0.15, 0.2) is 36.7 Å².